The molecule has 1 heterocycles. The van der Waals surface area contributed by atoms with Crippen LogP contribution in [0, 0.1) is 0 Å². The van der Waals surface area contributed by atoms with Crippen molar-refractivity contribution in [3.05, 3.63) is 75.2 Å². The van der Waals surface area contributed by atoms with E-state index in [9.17, 15) is 4.79 Å². The van der Waals surface area contributed by atoms with Gasteiger partial charge >= 0.3 is 0 Å². The first-order chi connectivity index (χ1) is 13.0. The number of rotatable bonds is 6. The molecule has 3 rings (SSSR count). The second-order valence-corrected chi connectivity index (χ2v) is 8.04. The summed E-state index contributed by atoms with van der Waals surface area (Å²) < 4.78 is 5.59. The first-order valence-corrected chi connectivity index (χ1v) is 9.84. The van der Waals surface area contributed by atoms with E-state index in [2.05, 4.69) is 24.9 Å². The summed E-state index contributed by atoms with van der Waals surface area (Å²) in [5.41, 5.74) is 3.03. The van der Waals surface area contributed by atoms with Gasteiger partial charge in [0.25, 0.3) is 5.91 Å². The minimum atomic E-state index is -0.108. The topological polar surface area (TPSA) is 42.4 Å². The molecule has 27 heavy (non-hydrogen) atoms. The van der Waals surface area contributed by atoms with Crippen LogP contribution in [-0.2, 0) is 6.54 Å². The minimum Gasteiger partial charge on any atom is -0.497 e. The Morgan fingerprint density at radius 2 is 1.89 bits per heavy atom. The van der Waals surface area contributed by atoms with Crippen LogP contribution in [0.2, 0.25) is 4.47 Å². The molecule has 0 radical (unpaired) electrons. The Balaban J connectivity index is 2.02. The summed E-state index contributed by atoms with van der Waals surface area (Å²) in [5.74, 6) is 0.967. The summed E-state index contributed by atoms with van der Waals surface area (Å²) in [6.07, 6.45) is 1.54. The number of para-hydroxylation sites is 1. The molecular formula is C21H21ClN2O2S. The van der Waals surface area contributed by atoms with Crippen molar-refractivity contribution in [2.45, 2.75) is 26.3 Å². The highest BCUT2D eigenvalue weighted by molar-refractivity contribution is 7.17. The van der Waals surface area contributed by atoms with Crippen LogP contribution in [0.4, 0.5) is 5.69 Å². The number of aromatic nitrogens is 1. The van der Waals surface area contributed by atoms with Gasteiger partial charge in [-0.25, -0.2) is 4.98 Å². The van der Waals surface area contributed by atoms with Crippen molar-refractivity contribution >= 4 is 34.5 Å². The maximum Gasteiger partial charge on any atom is 0.270 e. The largest absolute Gasteiger partial charge is 0.497 e. The van der Waals surface area contributed by atoms with Crippen molar-refractivity contribution in [3.8, 4) is 5.75 Å². The summed E-state index contributed by atoms with van der Waals surface area (Å²) in [5, 5.41) is 0. The third-order valence-corrected chi connectivity index (χ3v) is 5.39. The summed E-state index contributed by atoms with van der Waals surface area (Å²) in [6, 6.07) is 15.7. The Labute approximate surface area is 168 Å². The standard InChI is InChI=1S/C21H21ClN2O2S/c1-14(2)17-6-4-5-7-18(17)24(20(25)19-12-23-21(22)27-19)13-15-8-10-16(26-3)11-9-15/h4-12,14H,13H2,1-3H3. The van der Waals surface area contributed by atoms with E-state index in [0.29, 0.717) is 15.9 Å². The molecule has 0 spiro atoms. The molecule has 0 aliphatic heterocycles. The van der Waals surface area contributed by atoms with E-state index >= 15 is 0 Å². The number of amides is 1. The van der Waals surface area contributed by atoms with Crippen molar-refractivity contribution < 1.29 is 9.53 Å². The van der Waals surface area contributed by atoms with Gasteiger partial charge in [0.15, 0.2) is 4.47 Å². The molecule has 1 amide bonds. The molecule has 0 aliphatic rings. The van der Waals surface area contributed by atoms with E-state index in [1.54, 1.807) is 12.0 Å². The van der Waals surface area contributed by atoms with E-state index in [1.807, 2.05) is 42.5 Å². The van der Waals surface area contributed by atoms with E-state index in [1.165, 1.54) is 17.5 Å². The lowest BCUT2D eigenvalue weighted by Crippen LogP contribution is -2.30. The monoisotopic (exact) mass is 400 g/mol. The van der Waals surface area contributed by atoms with Gasteiger partial charge in [0.2, 0.25) is 0 Å². The predicted molar refractivity (Wildman–Crippen MR) is 111 cm³/mol. The van der Waals surface area contributed by atoms with Gasteiger partial charge in [0.05, 0.1) is 19.9 Å². The van der Waals surface area contributed by atoms with Crippen LogP contribution < -0.4 is 9.64 Å². The van der Waals surface area contributed by atoms with E-state index in [4.69, 9.17) is 16.3 Å². The Hall–Kier alpha value is -2.37. The highest BCUT2D eigenvalue weighted by atomic mass is 35.5. The molecule has 0 saturated carbocycles. The normalized spacial score (nSPS) is 10.9. The molecular weight excluding hydrogens is 380 g/mol. The molecule has 6 heteroatoms. The quantitative estimate of drug-likeness (QED) is 0.527. The molecule has 3 aromatic rings. The van der Waals surface area contributed by atoms with Gasteiger partial charge < -0.3 is 9.64 Å². The first kappa shape index (κ1) is 19.4. The number of anilines is 1. The molecule has 0 saturated heterocycles. The highest BCUT2D eigenvalue weighted by Gasteiger charge is 2.23. The molecule has 0 N–H and O–H groups in total. The smallest absolute Gasteiger partial charge is 0.270 e. The van der Waals surface area contributed by atoms with Crippen LogP contribution in [0.25, 0.3) is 0 Å². The molecule has 0 bridgehead atoms. The van der Waals surface area contributed by atoms with Crippen molar-refractivity contribution in [2.75, 3.05) is 12.0 Å². The molecule has 0 unspecified atom stereocenters. The minimum absolute atomic E-state index is 0.108. The molecule has 0 fully saturated rings. The average Bonchev–Trinajstić information content (AvgIpc) is 3.12. The number of benzene rings is 2. The van der Waals surface area contributed by atoms with E-state index in [0.717, 1.165) is 22.6 Å². The van der Waals surface area contributed by atoms with Gasteiger partial charge in [-0.1, -0.05) is 67.1 Å². The number of carbonyl (C=O) groups excluding carboxylic acids is 1. The van der Waals surface area contributed by atoms with Crippen molar-refractivity contribution in [1.29, 1.82) is 0 Å². The van der Waals surface area contributed by atoms with Crippen LogP contribution in [0.15, 0.2) is 54.7 Å². The average molecular weight is 401 g/mol. The predicted octanol–water partition coefficient (Wildman–Crippen LogP) is 5.78. The molecule has 0 atom stereocenters. The van der Waals surface area contributed by atoms with Gasteiger partial charge in [-0.2, -0.15) is 0 Å². The number of carbonyl (C=O) groups is 1. The van der Waals surface area contributed by atoms with Crippen LogP contribution in [0.3, 0.4) is 0 Å². The Morgan fingerprint density at radius 1 is 1.19 bits per heavy atom. The van der Waals surface area contributed by atoms with Crippen molar-refractivity contribution in [1.82, 2.24) is 4.98 Å². The zero-order valence-electron chi connectivity index (χ0n) is 15.5. The first-order valence-electron chi connectivity index (χ1n) is 8.64. The SMILES string of the molecule is COc1ccc(CN(C(=O)c2cnc(Cl)s2)c2ccccc2C(C)C)cc1. The highest BCUT2D eigenvalue weighted by Crippen LogP contribution is 2.31. The van der Waals surface area contributed by atoms with Gasteiger partial charge in [0.1, 0.15) is 10.6 Å². The summed E-state index contributed by atoms with van der Waals surface area (Å²) >= 11 is 7.15. The van der Waals surface area contributed by atoms with Gasteiger partial charge in [-0.3, -0.25) is 4.79 Å². The molecule has 0 aliphatic carbocycles. The fourth-order valence-corrected chi connectivity index (χ4v) is 3.77. The Kier molecular flexibility index (Phi) is 6.14. The third kappa shape index (κ3) is 4.49. The van der Waals surface area contributed by atoms with Crippen LogP contribution >= 0.6 is 22.9 Å². The number of ether oxygens (including phenoxy) is 1. The zero-order valence-corrected chi connectivity index (χ0v) is 17.1. The van der Waals surface area contributed by atoms with Crippen LogP contribution in [0.5, 0.6) is 5.75 Å². The molecule has 4 nitrogen and oxygen atoms in total. The van der Waals surface area contributed by atoms with Crippen molar-refractivity contribution in [2.24, 2.45) is 0 Å². The lowest BCUT2D eigenvalue weighted by molar-refractivity contribution is 0.0988. The second kappa shape index (κ2) is 8.55. The molecule has 1 aromatic heterocycles. The Bertz CT molecular complexity index is 922. The van der Waals surface area contributed by atoms with E-state index < -0.39 is 0 Å². The maximum absolute atomic E-state index is 13.3. The van der Waals surface area contributed by atoms with Crippen LogP contribution in [-0.4, -0.2) is 18.0 Å². The lowest BCUT2D eigenvalue weighted by Gasteiger charge is -2.26. The number of methoxy groups -OCH3 is 1. The summed E-state index contributed by atoms with van der Waals surface area (Å²) in [6.45, 7) is 4.69. The maximum atomic E-state index is 13.3. The van der Waals surface area contributed by atoms with Gasteiger partial charge in [0, 0.05) is 5.69 Å². The fourth-order valence-electron chi connectivity index (χ4n) is 2.89. The fraction of sp³-hybridized carbons (Fsp3) is 0.238. The van der Waals surface area contributed by atoms with E-state index in [-0.39, 0.29) is 11.8 Å². The van der Waals surface area contributed by atoms with Gasteiger partial charge in [-0.15, -0.1) is 0 Å². The molecule has 2 aromatic carbocycles. The number of nitrogens with zero attached hydrogens (tertiary/aromatic N) is 2. The Morgan fingerprint density at radius 3 is 2.48 bits per heavy atom. The lowest BCUT2D eigenvalue weighted by atomic mass is 10.00. The number of hydrogen-bond acceptors (Lipinski definition) is 4. The van der Waals surface area contributed by atoms with Crippen LogP contribution in [0.1, 0.15) is 40.6 Å². The second-order valence-electron chi connectivity index (χ2n) is 6.43. The van der Waals surface area contributed by atoms with Gasteiger partial charge in [-0.05, 0) is 35.2 Å². The number of halogens is 1. The number of hydrogen-bond donors (Lipinski definition) is 0. The zero-order chi connectivity index (χ0) is 19.4. The number of thiazole rings is 1. The molecule has 140 valence electrons. The van der Waals surface area contributed by atoms with Crippen molar-refractivity contribution in [3.63, 3.8) is 0 Å². The summed E-state index contributed by atoms with van der Waals surface area (Å²) in [4.78, 5) is 19.6. The summed E-state index contributed by atoms with van der Waals surface area (Å²) in [7, 11) is 1.64. The third-order valence-electron chi connectivity index (χ3n) is 4.28.